The van der Waals surface area contributed by atoms with E-state index in [0.29, 0.717) is 19.1 Å². The summed E-state index contributed by atoms with van der Waals surface area (Å²) in [4.78, 5) is 14.8. The van der Waals surface area contributed by atoms with Crippen LogP contribution in [0.3, 0.4) is 0 Å². The van der Waals surface area contributed by atoms with Crippen molar-refractivity contribution in [2.45, 2.75) is 111 Å². The van der Waals surface area contributed by atoms with E-state index in [0.717, 1.165) is 32.2 Å². The van der Waals surface area contributed by atoms with Gasteiger partial charge in [0.2, 0.25) is 5.91 Å². The number of unbranched alkanes of at least 4 members (excludes halogenated alkanes) is 2. The summed E-state index contributed by atoms with van der Waals surface area (Å²) in [5.41, 5.74) is -0.769. The molecular formula is C24H48N2O4. The zero-order valence-corrected chi connectivity index (χ0v) is 21.0. The van der Waals surface area contributed by atoms with Gasteiger partial charge in [0.25, 0.3) is 0 Å². The van der Waals surface area contributed by atoms with Crippen molar-refractivity contribution in [2.24, 2.45) is 11.8 Å². The van der Waals surface area contributed by atoms with Crippen LogP contribution in [0.15, 0.2) is 0 Å². The Hall–Kier alpha value is -0.690. The molecule has 178 valence electrons. The molecule has 0 bridgehead atoms. The lowest BCUT2D eigenvalue weighted by Gasteiger charge is -2.31. The molecule has 0 radical (unpaired) electrons. The maximum absolute atomic E-state index is 12.8. The van der Waals surface area contributed by atoms with Gasteiger partial charge in [0, 0.05) is 19.1 Å². The largest absolute Gasteiger partial charge is 0.396 e. The number of nitrogens with one attached hydrogen (secondary N) is 1. The average Bonchev–Trinajstić information content (AvgIpc) is 2.81. The molecule has 0 aromatic carbocycles. The molecule has 1 amide bonds. The fraction of sp³-hybridized carbons (Fsp3) is 0.958. The molecule has 2 N–H and O–H groups in total. The van der Waals surface area contributed by atoms with Gasteiger partial charge in [-0.05, 0) is 67.7 Å². The van der Waals surface area contributed by atoms with Gasteiger partial charge >= 0.3 is 0 Å². The van der Waals surface area contributed by atoms with Gasteiger partial charge in [-0.2, -0.15) is 0 Å². The van der Waals surface area contributed by atoms with E-state index in [1.54, 1.807) is 0 Å². The molecule has 0 aromatic rings. The van der Waals surface area contributed by atoms with E-state index in [4.69, 9.17) is 9.47 Å². The van der Waals surface area contributed by atoms with Crippen molar-refractivity contribution in [2.75, 3.05) is 26.4 Å². The van der Waals surface area contributed by atoms with Gasteiger partial charge < -0.3 is 19.5 Å². The molecule has 1 saturated heterocycles. The van der Waals surface area contributed by atoms with Crippen LogP contribution in [-0.4, -0.2) is 65.2 Å². The predicted octanol–water partition coefficient (Wildman–Crippen LogP) is 3.96. The van der Waals surface area contributed by atoms with Crippen molar-refractivity contribution >= 4 is 5.91 Å². The molecule has 30 heavy (non-hydrogen) atoms. The molecule has 6 nitrogen and oxygen atoms in total. The van der Waals surface area contributed by atoms with Crippen LogP contribution < -0.4 is 5.32 Å². The minimum absolute atomic E-state index is 0.136. The molecule has 1 aliphatic rings. The highest BCUT2D eigenvalue weighted by molar-refractivity contribution is 5.85. The van der Waals surface area contributed by atoms with Gasteiger partial charge in [0.1, 0.15) is 6.04 Å². The zero-order chi connectivity index (χ0) is 23.2. The molecule has 1 heterocycles. The average molecular weight is 429 g/mol. The topological polar surface area (TPSA) is 71.0 Å². The maximum Gasteiger partial charge on any atom is 0.243 e. The number of carbonyl (C=O) groups is 1. The minimum atomic E-state index is -0.345. The Morgan fingerprint density at radius 2 is 1.67 bits per heavy atom. The Kier molecular flexibility index (Phi) is 10.3. The monoisotopic (exact) mass is 428 g/mol. The lowest BCUT2D eigenvalue weighted by atomic mass is 9.90. The van der Waals surface area contributed by atoms with Crippen LogP contribution in [0.1, 0.15) is 88.0 Å². The molecule has 0 aliphatic carbocycles. The molecular weight excluding hydrogens is 380 g/mol. The quantitative estimate of drug-likeness (QED) is 0.461. The van der Waals surface area contributed by atoms with Crippen molar-refractivity contribution in [3.8, 4) is 0 Å². The van der Waals surface area contributed by atoms with Crippen molar-refractivity contribution < 1.29 is 19.4 Å². The fourth-order valence-corrected chi connectivity index (χ4v) is 3.77. The molecule has 1 rings (SSSR count). The van der Waals surface area contributed by atoms with E-state index >= 15 is 0 Å². The second kappa shape index (κ2) is 11.3. The number of aliphatic hydroxyl groups excluding tert-OH is 1. The van der Waals surface area contributed by atoms with E-state index < -0.39 is 0 Å². The minimum Gasteiger partial charge on any atom is -0.396 e. The van der Waals surface area contributed by atoms with E-state index in [-0.39, 0.29) is 41.3 Å². The highest BCUT2D eigenvalue weighted by atomic mass is 16.5. The number of rotatable bonds is 12. The summed E-state index contributed by atoms with van der Waals surface area (Å²) in [5, 5.41) is 13.1. The first-order chi connectivity index (χ1) is 13.7. The number of aliphatic hydroxyl groups is 1. The van der Waals surface area contributed by atoms with Crippen LogP contribution in [0.4, 0.5) is 0 Å². The number of amides is 1. The summed E-state index contributed by atoms with van der Waals surface area (Å²) in [6.07, 6.45) is 4.22. The summed E-state index contributed by atoms with van der Waals surface area (Å²) in [6.45, 7) is 20.4. The summed E-state index contributed by atoms with van der Waals surface area (Å²) in [5.74, 6) is 0.733. The van der Waals surface area contributed by atoms with Crippen LogP contribution in [0.2, 0.25) is 0 Å². The Balaban J connectivity index is 2.37. The third-order valence-corrected chi connectivity index (χ3v) is 5.76. The van der Waals surface area contributed by atoms with Gasteiger partial charge in [-0.25, -0.2) is 0 Å². The third kappa shape index (κ3) is 9.63. The molecule has 1 aliphatic heterocycles. The second-order valence-electron chi connectivity index (χ2n) is 11.4. The van der Waals surface area contributed by atoms with Crippen molar-refractivity contribution in [1.82, 2.24) is 10.2 Å². The summed E-state index contributed by atoms with van der Waals surface area (Å²) in [7, 11) is 0. The highest BCUT2D eigenvalue weighted by Crippen LogP contribution is 2.25. The number of ether oxygens (including phenoxy) is 2. The van der Waals surface area contributed by atoms with Crippen molar-refractivity contribution in [3.63, 3.8) is 0 Å². The van der Waals surface area contributed by atoms with E-state index in [9.17, 15) is 9.90 Å². The van der Waals surface area contributed by atoms with Gasteiger partial charge in [0.15, 0.2) is 0 Å². The predicted molar refractivity (Wildman–Crippen MR) is 122 cm³/mol. The molecule has 1 fully saturated rings. The summed E-state index contributed by atoms with van der Waals surface area (Å²) in [6, 6.07) is -0.271. The van der Waals surface area contributed by atoms with E-state index in [1.165, 1.54) is 0 Å². The molecule has 0 aromatic heterocycles. The van der Waals surface area contributed by atoms with E-state index in [1.807, 2.05) is 46.4 Å². The van der Waals surface area contributed by atoms with Crippen LogP contribution in [0.5, 0.6) is 0 Å². The number of hydrogen-bond acceptors (Lipinski definition) is 5. The van der Waals surface area contributed by atoms with Crippen LogP contribution in [-0.2, 0) is 14.3 Å². The smallest absolute Gasteiger partial charge is 0.243 e. The summed E-state index contributed by atoms with van der Waals surface area (Å²) >= 11 is 0. The highest BCUT2D eigenvalue weighted by Gasteiger charge is 2.44. The lowest BCUT2D eigenvalue weighted by molar-refractivity contribution is -0.133. The van der Waals surface area contributed by atoms with Crippen LogP contribution in [0.25, 0.3) is 0 Å². The second-order valence-corrected chi connectivity index (χ2v) is 11.4. The van der Waals surface area contributed by atoms with Gasteiger partial charge in [0.05, 0.1) is 30.1 Å². The number of hydrogen-bond donors (Lipinski definition) is 2. The normalized spacial score (nSPS) is 21.9. The number of carbonyl (C=O) groups excluding carboxylic acids is 1. The SMILES string of the molecule is CC(CCCCCN1C(=O)[C@H](COC(C)(C)C)NC1(C)C)C(CO)COC(C)(C)C. The Labute approximate surface area is 185 Å². The first-order valence-electron chi connectivity index (χ1n) is 11.6. The first kappa shape index (κ1) is 27.3. The lowest BCUT2D eigenvalue weighted by Crippen LogP contribution is -2.47. The van der Waals surface area contributed by atoms with Gasteiger partial charge in [-0.3, -0.25) is 10.1 Å². The third-order valence-electron chi connectivity index (χ3n) is 5.76. The maximum atomic E-state index is 12.8. The van der Waals surface area contributed by atoms with Crippen molar-refractivity contribution in [1.29, 1.82) is 0 Å². The van der Waals surface area contributed by atoms with E-state index in [2.05, 4.69) is 26.1 Å². The Morgan fingerprint density at radius 1 is 1.07 bits per heavy atom. The summed E-state index contributed by atoms with van der Waals surface area (Å²) < 4.78 is 11.7. The van der Waals surface area contributed by atoms with Crippen molar-refractivity contribution in [3.05, 3.63) is 0 Å². The molecule has 0 spiro atoms. The standard InChI is InChI=1S/C24H48N2O4/c1-18(19(15-27)16-29-22(2,3)4)13-11-10-12-14-26-21(28)20(25-24(26,8)9)17-30-23(5,6)7/h18-20,25,27H,10-17H2,1-9H3/t18?,19?,20-/m0/s1. The first-order valence-corrected chi connectivity index (χ1v) is 11.6. The zero-order valence-electron chi connectivity index (χ0n) is 21.0. The Morgan fingerprint density at radius 3 is 2.20 bits per heavy atom. The number of nitrogens with zero attached hydrogens (tertiary/aromatic N) is 1. The molecule has 0 saturated carbocycles. The fourth-order valence-electron chi connectivity index (χ4n) is 3.77. The van der Waals surface area contributed by atoms with Crippen LogP contribution in [0, 0.1) is 11.8 Å². The molecule has 3 atom stereocenters. The van der Waals surface area contributed by atoms with Gasteiger partial charge in [-0.15, -0.1) is 0 Å². The Bertz CT molecular complexity index is 522. The van der Waals surface area contributed by atoms with Crippen LogP contribution >= 0.6 is 0 Å². The molecule has 6 heteroatoms. The van der Waals surface area contributed by atoms with Gasteiger partial charge in [-0.1, -0.05) is 26.2 Å². The molecule has 2 unspecified atom stereocenters.